The Bertz CT molecular complexity index is 904. The van der Waals surface area contributed by atoms with Crippen LogP contribution in [0.3, 0.4) is 0 Å². The second kappa shape index (κ2) is 6.68. The van der Waals surface area contributed by atoms with Gasteiger partial charge in [0.25, 0.3) is 0 Å². The van der Waals surface area contributed by atoms with Crippen molar-refractivity contribution in [1.29, 1.82) is 0 Å². The molecule has 27 heavy (non-hydrogen) atoms. The van der Waals surface area contributed by atoms with Crippen LogP contribution in [0.1, 0.15) is 47.9 Å². The Morgan fingerprint density at radius 2 is 2.19 bits per heavy atom. The Labute approximate surface area is 155 Å². The highest BCUT2D eigenvalue weighted by molar-refractivity contribution is 6.01. The van der Waals surface area contributed by atoms with Crippen molar-refractivity contribution in [2.24, 2.45) is 0 Å². The van der Waals surface area contributed by atoms with Gasteiger partial charge in [-0.1, -0.05) is 5.16 Å². The van der Waals surface area contributed by atoms with Crippen molar-refractivity contribution in [3.8, 4) is 0 Å². The van der Waals surface area contributed by atoms with Crippen LogP contribution in [0.2, 0.25) is 0 Å². The quantitative estimate of drug-likeness (QED) is 0.842. The van der Waals surface area contributed by atoms with Crippen LogP contribution in [0.5, 0.6) is 0 Å². The summed E-state index contributed by atoms with van der Waals surface area (Å²) in [5.74, 6) is 0.121. The number of carbonyl (C=O) groups excluding carboxylic acids is 2. The summed E-state index contributed by atoms with van der Waals surface area (Å²) in [5, 5.41) is 9.52. The first-order valence-electron chi connectivity index (χ1n) is 9.06. The maximum absolute atomic E-state index is 14.0. The molecule has 1 aromatic heterocycles. The fourth-order valence-corrected chi connectivity index (χ4v) is 4.02. The summed E-state index contributed by atoms with van der Waals surface area (Å²) < 4.78 is 19.2. The van der Waals surface area contributed by atoms with E-state index >= 15 is 0 Å². The van der Waals surface area contributed by atoms with E-state index in [2.05, 4.69) is 15.8 Å². The molecule has 7 nitrogen and oxygen atoms in total. The number of aryl methyl sites for hydroxylation is 3. The molecule has 1 saturated heterocycles. The number of benzene rings is 1. The molecule has 1 atom stereocenters. The average Bonchev–Trinajstić information content (AvgIpc) is 3.21. The van der Waals surface area contributed by atoms with Crippen LogP contribution in [0.4, 0.5) is 20.6 Å². The molecule has 0 unspecified atom stereocenters. The van der Waals surface area contributed by atoms with E-state index in [1.54, 1.807) is 4.90 Å². The molecule has 4 rings (SSSR count). The van der Waals surface area contributed by atoms with Gasteiger partial charge in [-0.3, -0.25) is 4.79 Å². The van der Waals surface area contributed by atoms with Crippen LogP contribution in [-0.2, 0) is 11.2 Å². The van der Waals surface area contributed by atoms with Gasteiger partial charge >= 0.3 is 6.03 Å². The van der Waals surface area contributed by atoms with E-state index in [0.29, 0.717) is 36.4 Å². The number of anilines is 2. The van der Waals surface area contributed by atoms with Crippen LogP contribution in [0, 0.1) is 19.7 Å². The SMILES string of the molecule is Cc1noc(C)c1[C@H]1CCCN1C(=O)Nc1cc(F)cc2c1NC(=O)CC2. The molecule has 0 spiro atoms. The number of aromatic nitrogens is 1. The Balaban J connectivity index is 1.61. The summed E-state index contributed by atoms with van der Waals surface area (Å²) in [7, 11) is 0. The number of urea groups is 1. The number of nitrogens with zero attached hydrogens (tertiary/aromatic N) is 2. The molecule has 0 aliphatic carbocycles. The van der Waals surface area contributed by atoms with Crippen molar-refractivity contribution in [2.45, 2.75) is 45.6 Å². The van der Waals surface area contributed by atoms with E-state index < -0.39 is 5.82 Å². The molecular formula is C19H21FN4O3. The number of nitrogens with one attached hydrogen (secondary N) is 2. The summed E-state index contributed by atoms with van der Waals surface area (Å²) >= 11 is 0. The minimum absolute atomic E-state index is 0.129. The minimum atomic E-state index is -0.441. The third-order valence-electron chi connectivity index (χ3n) is 5.25. The highest BCUT2D eigenvalue weighted by Crippen LogP contribution is 2.37. The third-order valence-corrected chi connectivity index (χ3v) is 5.25. The van der Waals surface area contributed by atoms with E-state index in [9.17, 15) is 14.0 Å². The molecule has 2 aromatic rings. The monoisotopic (exact) mass is 372 g/mol. The molecule has 1 fully saturated rings. The summed E-state index contributed by atoms with van der Waals surface area (Å²) in [6.45, 7) is 4.28. The number of hydrogen-bond donors (Lipinski definition) is 2. The van der Waals surface area contributed by atoms with E-state index in [1.807, 2.05) is 13.8 Å². The molecule has 8 heteroatoms. The van der Waals surface area contributed by atoms with Crippen LogP contribution in [-0.4, -0.2) is 28.5 Å². The topological polar surface area (TPSA) is 87.5 Å². The predicted octanol–water partition coefficient (Wildman–Crippen LogP) is 3.68. The van der Waals surface area contributed by atoms with Crippen LogP contribution in [0.15, 0.2) is 16.7 Å². The second-order valence-electron chi connectivity index (χ2n) is 7.06. The Kier molecular flexibility index (Phi) is 4.33. The van der Waals surface area contributed by atoms with Crippen LogP contribution in [0.25, 0.3) is 0 Å². The van der Waals surface area contributed by atoms with Crippen molar-refractivity contribution < 1.29 is 18.5 Å². The van der Waals surface area contributed by atoms with Crippen molar-refractivity contribution in [2.75, 3.05) is 17.2 Å². The molecule has 2 aliphatic rings. The molecule has 3 amide bonds. The normalized spacial score (nSPS) is 19.0. The van der Waals surface area contributed by atoms with Gasteiger partial charge in [0.1, 0.15) is 11.6 Å². The van der Waals surface area contributed by atoms with E-state index in [1.165, 1.54) is 12.1 Å². The maximum Gasteiger partial charge on any atom is 0.322 e. The number of rotatable bonds is 2. The van der Waals surface area contributed by atoms with Crippen molar-refractivity contribution in [3.05, 3.63) is 40.5 Å². The maximum atomic E-state index is 14.0. The highest BCUT2D eigenvalue weighted by atomic mass is 19.1. The lowest BCUT2D eigenvalue weighted by Crippen LogP contribution is -2.35. The average molecular weight is 372 g/mol. The minimum Gasteiger partial charge on any atom is -0.361 e. The molecular weight excluding hydrogens is 351 g/mol. The third kappa shape index (κ3) is 3.15. The molecule has 1 aromatic carbocycles. The van der Waals surface area contributed by atoms with Gasteiger partial charge < -0.3 is 20.1 Å². The Morgan fingerprint density at radius 1 is 1.37 bits per heavy atom. The van der Waals surface area contributed by atoms with E-state index in [-0.39, 0.29) is 23.7 Å². The number of amides is 3. The second-order valence-corrected chi connectivity index (χ2v) is 7.06. The summed E-state index contributed by atoms with van der Waals surface area (Å²) in [5.41, 5.74) is 3.15. The van der Waals surface area contributed by atoms with Gasteiger partial charge in [0, 0.05) is 18.5 Å². The molecule has 142 valence electrons. The van der Waals surface area contributed by atoms with Gasteiger partial charge in [-0.25, -0.2) is 9.18 Å². The lowest BCUT2D eigenvalue weighted by molar-refractivity contribution is -0.116. The number of hydrogen-bond acceptors (Lipinski definition) is 4. The standard InChI is InChI=1S/C19H21FN4O3/c1-10-17(11(2)27-23-10)15-4-3-7-24(15)19(26)21-14-9-13(20)8-12-5-6-16(25)22-18(12)14/h8-9,15H,3-7H2,1-2H3,(H,21,26)(H,22,25)/t15-/m1/s1. The van der Waals surface area contributed by atoms with Crippen molar-refractivity contribution in [3.63, 3.8) is 0 Å². The predicted molar refractivity (Wildman–Crippen MR) is 97.0 cm³/mol. The largest absolute Gasteiger partial charge is 0.361 e. The molecule has 0 bridgehead atoms. The smallest absolute Gasteiger partial charge is 0.322 e. The Morgan fingerprint density at radius 3 is 2.93 bits per heavy atom. The summed E-state index contributed by atoms with van der Waals surface area (Å²) in [4.78, 5) is 26.4. The molecule has 0 saturated carbocycles. The van der Waals surface area contributed by atoms with Gasteiger partial charge in [0.2, 0.25) is 5.91 Å². The molecule has 2 aliphatic heterocycles. The molecule has 2 N–H and O–H groups in total. The van der Waals surface area contributed by atoms with E-state index in [0.717, 1.165) is 24.1 Å². The van der Waals surface area contributed by atoms with Gasteiger partial charge in [-0.2, -0.15) is 0 Å². The number of fused-ring (bicyclic) bond motifs is 1. The van der Waals surface area contributed by atoms with E-state index in [4.69, 9.17) is 4.52 Å². The fraction of sp³-hybridized carbons (Fsp3) is 0.421. The van der Waals surface area contributed by atoms with Gasteiger partial charge in [0.05, 0.1) is 23.1 Å². The zero-order valence-electron chi connectivity index (χ0n) is 15.3. The zero-order valence-corrected chi connectivity index (χ0v) is 15.3. The summed E-state index contributed by atoms with van der Waals surface area (Å²) in [6, 6.07) is 2.18. The summed E-state index contributed by atoms with van der Waals surface area (Å²) in [6.07, 6.45) is 2.44. The molecule has 3 heterocycles. The number of carbonyl (C=O) groups is 2. The van der Waals surface area contributed by atoms with Gasteiger partial charge in [-0.15, -0.1) is 0 Å². The first-order valence-corrected chi connectivity index (χ1v) is 9.06. The lowest BCUT2D eigenvalue weighted by Gasteiger charge is -2.27. The number of halogens is 1. The first kappa shape index (κ1) is 17.5. The van der Waals surface area contributed by atoms with Crippen LogP contribution >= 0.6 is 0 Å². The molecule has 0 radical (unpaired) electrons. The fourth-order valence-electron chi connectivity index (χ4n) is 4.02. The van der Waals surface area contributed by atoms with Crippen LogP contribution < -0.4 is 10.6 Å². The first-order chi connectivity index (χ1) is 12.9. The van der Waals surface area contributed by atoms with Gasteiger partial charge in [0.15, 0.2) is 0 Å². The highest BCUT2D eigenvalue weighted by Gasteiger charge is 2.34. The Hall–Kier alpha value is -2.90. The van der Waals surface area contributed by atoms with Gasteiger partial charge in [-0.05, 0) is 50.8 Å². The van der Waals surface area contributed by atoms with Crippen molar-refractivity contribution in [1.82, 2.24) is 10.1 Å². The zero-order chi connectivity index (χ0) is 19.1. The number of likely N-dealkylation sites (tertiary alicyclic amines) is 1. The van der Waals surface area contributed by atoms with Crippen molar-refractivity contribution >= 4 is 23.3 Å². The lowest BCUT2D eigenvalue weighted by atomic mass is 10.0.